The van der Waals surface area contributed by atoms with E-state index >= 15 is 0 Å². The van der Waals surface area contributed by atoms with E-state index in [1.165, 1.54) is 32.0 Å². The average Bonchev–Trinajstić information content (AvgIpc) is 2.71. The van der Waals surface area contributed by atoms with Crippen molar-refractivity contribution in [1.82, 2.24) is 5.32 Å². The van der Waals surface area contributed by atoms with Gasteiger partial charge in [0.15, 0.2) is 0 Å². The highest BCUT2D eigenvalue weighted by molar-refractivity contribution is 6.05. The molecule has 0 aliphatic heterocycles. The Morgan fingerprint density at radius 3 is 2.39 bits per heavy atom. The van der Waals surface area contributed by atoms with Crippen molar-refractivity contribution in [2.45, 2.75) is 32.2 Å². The van der Waals surface area contributed by atoms with Crippen molar-refractivity contribution >= 4 is 22.6 Å². The zero-order valence-corrected chi connectivity index (χ0v) is 16.8. The first-order chi connectivity index (χ1) is 14.5. The van der Waals surface area contributed by atoms with E-state index < -0.39 is 29.2 Å². The van der Waals surface area contributed by atoms with E-state index in [2.05, 4.69) is 5.32 Å². The number of aliphatic carboxylic acids is 1. The smallest absolute Gasteiger partial charge is 0.416 e. The Morgan fingerprint density at radius 2 is 1.71 bits per heavy atom. The Balaban J connectivity index is 1.97. The summed E-state index contributed by atoms with van der Waals surface area (Å²) in [6.07, 6.45) is -4.48. The SMILES string of the molecule is CC(C)(NC(=O)c1ccc2ccccc2c1OCc1cccc(C(F)(F)F)c1)C(=O)O. The molecule has 0 aliphatic rings. The van der Waals surface area contributed by atoms with Gasteiger partial charge in [0, 0.05) is 5.39 Å². The van der Waals surface area contributed by atoms with Gasteiger partial charge in [0.1, 0.15) is 17.9 Å². The molecular weight excluding hydrogens is 411 g/mol. The molecule has 0 bridgehead atoms. The summed E-state index contributed by atoms with van der Waals surface area (Å²) in [4.78, 5) is 24.2. The number of fused-ring (bicyclic) bond motifs is 1. The highest BCUT2D eigenvalue weighted by atomic mass is 19.4. The fourth-order valence-corrected chi connectivity index (χ4v) is 2.97. The number of benzene rings is 3. The fraction of sp³-hybridized carbons (Fsp3) is 0.217. The quantitative estimate of drug-likeness (QED) is 0.574. The molecule has 3 aromatic carbocycles. The van der Waals surface area contributed by atoms with Gasteiger partial charge in [-0.2, -0.15) is 13.2 Å². The van der Waals surface area contributed by atoms with Crippen LogP contribution in [0, 0.1) is 0 Å². The van der Waals surface area contributed by atoms with Gasteiger partial charge in [-0.3, -0.25) is 4.79 Å². The molecule has 0 saturated heterocycles. The zero-order valence-electron chi connectivity index (χ0n) is 16.8. The van der Waals surface area contributed by atoms with E-state index in [0.29, 0.717) is 5.39 Å². The summed E-state index contributed by atoms with van der Waals surface area (Å²) in [6.45, 7) is 2.48. The molecule has 31 heavy (non-hydrogen) atoms. The first-order valence-corrected chi connectivity index (χ1v) is 9.35. The molecule has 0 spiro atoms. The Hall–Kier alpha value is -3.55. The zero-order chi connectivity index (χ0) is 22.8. The molecule has 0 aromatic heterocycles. The molecule has 3 aromatic rings. The van der Waals surface area contributed by atoms with E-state index in [0.717, 1.165) is 17.5 Å². The number of halogens is 3. The van der Waals surface area contributed by atoms with Crippen molar-refractivity contribution in [1.29, 1.82) is 0 Å². The molecular formula is C23H20F3NO4. The third-order valence-corrected chi connectivity index (χ3v) is 4.72. The predicted octanol–water partition coefficient (Wildman–Crippen LogP) is 5.03. The van der Waals surface area contributed by atoms with E-state index in [4.69, 9.17) is 4.74 Å². The molecule has 1 amide bonds. The topological polar surface area (TPSA) is 75.6 Å². The van der Waals surface area contributed by atoms with Crippen LogP contribution in [0.4, 0.5) is 13.2 Å². The lowest BCUT2D eigenvalue weighted by atomic mass is 10.0. The minimum Gasteiger partial charge on any atom is -0.487 e. The van der Waals surface area contributed by atoms with Gasteiger partial charge in [-0.25, -0.2) is 4.79 Å². The molecule has 0 atom stereocenters. The molecule has 3 rings (SSSR count). The summed E-state index contributed by atoms with van der Waals surface area (Å²) in [7, 11) is 0. The van der Waals surface area contributed by atoms with Gasteiger partial charge in [0.2, 0.25) is 0 Å². The van der Waals surface area contributed by atoms with E-state index in [1.54, 1.807) is 30.3 Å². The van der Waals surface area contributed by atoms with Crippen molar-refractivity contribution in [3.8, 4) is 5.75 Å². The van der Waals surface area contributed by atoms with Gasteiger partial charge in [0.05, 0.1) is 11.1 Å². The van der Waals surface area contributed by atoms with Crippen LogP contribution in [0.15, 0.2) is 60.7 Å². The molecule has 0 heterocycles. The molecule has 0 aliphatic carbocycles. The second-order valence-electron chi connectivity index (χ2n) is 7.53. The molecule has 2 N–H and O–H groups in total. The Labute approximate surface area is 176 Å². The van der Waals surface area contributed by atoms with Crippen LogP contribution in [0.5, 0.6) is 5.75 Å². The van der Waals surface area contributed by atoms with Crippen molar-refractivity contribution in [3.63, 3.8) is 0 Å². The van der Waals surface area contributed by atoms with E-state index in [9.17, 15) is 27.9 Å². The van der Waals surface area contributed by atoms with Gasteiger partial charge in [-0.15, -0.1) is 0 Å². The second-order valence-corrected chi connectivity index (χ2v) is 7.53. The van der Waals surface area contributed by atoms with E-state index in [1.807, 2.05) is 0 Å². The van der Waals surface area contributed by atoms with Crippen molar-refractivity contribution < 1.29 is 32.6 Å². The maximum absolute atomic E-state index is 13.0. The minimum atomic E-state index is -4.48. The Bertz CT molecular complexity index is 1140. The first-order valence-electron chi connectivity index (χ1n) is 9.35. The lowest BCUT2D eigenvalue weighted by molar-refractivity contribution is -0.143. The molecule has 162 valence electrons. The van der Waals surface area contributed by atoms with Gasteiger partial charge in [0.25, 0.3) is 5.91 Å². The van der Waals surface area contributed by atoms with Crippen LogP contribution in [0.25, 0.3) is 10.8 Å². The summed E-state index contributed by atoms with van der Waals surface area (Å²) in [6, 6.07) is 15.0. The molecule has 0 saturated carbocycles. The van der Waals surface area contributed by atoms with Crippen molar-refractivity contribution in [2.24, 2.45) is 0 Å². The van der Waals surface area contributed by atoms with E-state index in [-0.39, 0.29) is 23.5 Å². The molecule has 0 radical (unpaired) electrons. The first kappa shape index (κ1) is 22.1. The molecule has 0 unspecified atom stereocenters. The van der Waals surface area contributed by atoms with Crippen LogP contribution in [-0.2, 0) is 17.6 Å². The second kappa shape index (κ2) is 8.29. The average molecular weight is 431 g/mol. The molecule has 8 heteroatoms. The number of carbonyl (C=O) groups is 2. The summed E-state index contributed by atoms with van der Waals surface area (Å²) in [5.74, 6) is -1.72. The minimum absolute atomic E-state index is 0.0833. The highest BCUT2D eigenvalue weighted by Gasteiger charge is 2.31. The maximum atomic E-state index is 13.0. The van der Waals surface area contributed by atoms with Crippen molar-refractivity contribution in [3.05, 3.63) is 77.4 Å². The third-order valence-electron chi connectivity index (χ3n) is 4.72. The van der Waals surface area contributed by atoms with Crippen LogP contribution in [0.2, 0.25) is 0 Å². The van der Waals surface area contributed by atoms with Gasteiger partial charge in [-0.05, 0) is 43.0 Å². The lowest BCUT2D eigenvalue weighted by Gasteiger charge is -2.22. The number of nitrogens with one attached hydrogen (secondary N) is 1. The third kappa shape index (κ3) is 4.96. The summed E-state index contributed by atoms with van der Waals surface area (Å²) < 4.78 is 44.8. The summed E-state index contributed by atoms with van der Waals surface area (Å²) >= 11 is 0. The number of amides is 1. The Kier molecular flexibility index (Phi) is 5.92. The number of hydrogen-bond donors (Lipinski definition) is 2. The number of carboxylic acids is 1. The van der Waals surface area contributed by atoms with Crippen LogP contribution in [0.1, 0.15) is 35.3 Å². The number of carbonyl (C=O) groups excluding carboxylic acids is 1. The van der Waals surface area contributed by atoms with Crippen LogP contribution in [0.3, 0.4) is 0 Å². The number of alkyl halides is 3. The predicted molar refractivity (Wildman–Crippen MR) is 109 cm³/mol. The number of carboxylic acid groups (broad SMARTS) is 1. The summed E-state index contributed by atoms with van der Waals surface area (Å²) in [5.41, 5.74) is -1.96. The number of rotatable bonds is 6. The number of hydrogen-bond acceptors (Lipinski definition) is 3. The van der Waals surface area contributed by atoms with Gasteiger partial charge < -0.3 is 15.2 Å². The summed E-state index contributed by atoms with van der Waals surface area (Å²) in [5, 5.41) is 13.1. The van der Waals surface area contributed by atoms with Gasteiger partial charge in [-0.1, -0.05) is 42.5 Å². The lowest BCUT2D eigenvalue weighted by Crippen LogP contribution is -2.49. The maximum Gasteiger partial charge on any atom is 0.416 e. The molecule has 5 nitrogen and oxygen atoms in total. The Morgan fingerprint density at radius 1 is 1.00 bits per heavy atom. The van der Waals surface area contributed by atoms with Crippen LogP contribution < -0.4 is 10.1 Å². The van der Waals surface area contributed by atoms with Crippen LogP contribution in [-0.4, -0.2) is 22.5 Å². The highest BCUT2D eigenvalue weighted by Crippen LogP contribution is 2.32. The molecule has 0 fully saturated rings. The van der Waals surface area contributed by atoms with Gasteiger partial charge >= 0.3 is 12.1 Å². The van der Waals surface area contributed by atoms with Crippen LogP contribution >= 0.6 is 0 Å². The normalized spacial score (nSPS) is 11.9. The fourth-order valence-electron chi connectivity index (χ4n) is 2.97. The standard InChI is InChI=1S/C23H20F3NO4/c1-22(2,21(29)30)27-20(28)18-11-10-15-7-3-4-9-17(15)19(18)31-13-14-6-5-8-16(12-14)23(24,25)26/h3-12H,13H2,1-2H3,(H,27,28)(H,29,30). The van der Waals surface area contributed by atoms with Crippen molar-refractivity contribution in [2.75, 3.05) is 0 Å². The number of ether oxygens (including phenoxy) is 1. The monoisotopic (exact) mass is 431 g/mol. The largest absolute Gasteiger partial charge is 0.487 e.